The Balaban J connectivity index is 1.62. The molecule has 1 aliphatic heterocycles. The highest BCUT2D eigenvalue weighted by Crippen LogP contribution is 2.45. The molecular weight excluding hydrogens is 244 g/mol. The van der Waals surface area contributed by atoms with Gasteiger partial charge in [-0.15, -0.1) is 0 Å². The summed E-state index contributed by atoms with van der Waals surface area (Å²) in [5.74, 6) is 0.958. The molecule has 2 saturated carbocycles. The minimum absolute atomic E-state index is 0.415. The van der Waals surface area contributed by atoms with Crippen molar-refractivity contribution in [2.75, 3.05) is 19.6 Å². The summed E-state index contributed by atoms with van der Waals surface area (Å²) in [5, 5.41) is 3.98. The molecular formula is C18H34N2. The van der Waals surface area contributed by atoms with E-state index in [4.69, 9.17) is 0 Å². The molecule has 1 spiro atoms. The first-order valence-corrected chi connectivity index (χ1v) is 9.19. The van der Waals surface area contributed by atoms with Crippen LogP contribution >= 0.6 is 0 Å². The summed E-state index contributed by atoms with van der Waals surface area (Å²) in [5.41, 5.74) is 0.944. The fraction of sp³-hybridized carbons (Fsp3) is 1.00. The van der Waals surface area contributed by atoms with Gasteiger partial charge in [0.15, 0.2) is 0 Å². The third-order valence-electron chi connectivity index (χ3n) is 6.31. The molecule has 1 heterocycles. The summed E-state index contributed by atoms with van der Waals surface area (Å²) >= 11 is 0. The van der Waals surface area contributed by atoms with Gasteiger partial charge in [-0.1, -0.05) is 39.0 Å². The number of unbranched alkanes of at least 4 members (excludes halogenated alkanes) is 3. The molecule has 116 valence electrons. The fourth-order valence-corrected chi connectivity index (χ4v) is 4.66. The molecule has 0 aromatic heterocycles. The van der Waals surface area contributed by atoms with Crippen molar-refractivity contribution in [2.24, 2.45) is 5.92 Å². The molecule has 0 amide bonds. The minimum Gasteiger partial charge on any atom is -0.308 e. The highest BCUT2D eigenvalue weighted by Gasteiger charge is 2.51. The highest BCUT2D eigenvalue weighted by molar-refractivity contribution is 5.10. The Kier molecular flexibility index (Phi) is 4.42. The van der Waals surface area contributed by atoms with E-state index < -0.39 is 0 Å². The summed E-state index contributed by atoms with van der Waals surface area (Å²) in [6.07, 6.45) is 14.3. The topological polar surface area (TPSA) is 15.3 Å². The van der Waals surface area contributed by atoms with E-state index in [1.165, 1.54) is 83.8 Å². The molecule has 1 unspecified atom stereocenters. The van der Waals surface area contributed by atoms with Crippen molar-refractivity contribution in [1.82, 2.24) is 10.2 Å². The minimum atomic E-state index is 0.415. The van der Waals surface area contributed by atoms with Gasteiger partial charge in [0.05, 0.1) is 0 Å². The molecule has 3 fully saturated rings. The molecule has 2 nitrogen and oxygen atoms in total. The molecule has 0 bridgehead atoms. The Morgan fingerprint density at radius 2 is 1.85 bits per heavy atom. The number of nitrogens with one attached hydrogen (secondary N) is 1. The molecule has 3 aliphatic rings. The first kappa shape index (κ1) is 14.8. The van der Waals surface area contributed by atoms with Crippen LogP contribution in [0.2, 0.25) is 0 Å². The number of piperazine rings is 1. The number of rotatable bonds is 6. The van der Waals surface area contributed by atoms with Crippen LogP contribution in [0.1, 0.15) is 78.1 Å². The second-order valence-electron chi connectivity index (χ2n) is 7.96. The van der Waals surface area contributed by atoms with E-state index in [9.17, 15) is 0 Å². The molecule has 0 radical (unpaired) electrons. The zero-order valence-electron chi connectivity index (χ0n) is 13.7. The van der Waals surface area contributed by atoms with Crippen molar-refractivity contribution in [3.8, 4) is 0 Å². The van der Waals surface area contributed by atoms with Crippen LogP contribution in [0.3, 0.4) is 0 Å². The third kappa shape index (κ3) is 2.92. The zero-order valence-corrected chi connectivity index (χ0v) is 13.7. The maximum atomic E-state index is 3.98. The SMILES string of the molecule is CCCCCCN1CC(C)(C2CC2)NCC12CCCC2. The van der Waals surface area contributed by atoms with E-state index in [1.807, 2.05) is 0 Å². The van der Waals surface area contributed by atoms with E-state index in [0.29, 0.717) is 11.1 Å². The van der Waals surface area contributed by atoms with E-state index in [1.54, 1.807) is 0 Å². The van der Waals surface area contributed by atoms with E-state index in [-0.39, 0.29) is 0 Å². The van der Waals surface area contributed by atoms with Gasteiger partial charge in [0, 0.05) is 24.2 Å². The molecule has 3 rings (SSSR count). The molecule has 0 aromatic carbocycles. The Bertz CT molecular complexity index is 317. The number of hydrogen-bond donors (Lipinski definition) is 1. The van der Waals surface area contributed by atoms with Crippen molar-refractivity contribution >= 4 is 0 Å². The Hall–Kier alpha value is -0.0800. The van der Waals surface area contributed by atoms with Gasteiger partial charge in [-0.3, -0.25) is 4.90 Å². The van der Waals surface area contributed by atoms with Crippen LogP contribution in [0.15, 0.2) is 0 Å². The van der Waals surface area contributed by atoms with Crippen LogP contribution in [0.25, 0.3) is 0 Å². The van der Waals surface area contributed by atoms with Crippen molar-refractivity contribution in [3.05, 3.63) is 0 Å². The molecule has 1 atom stereocenters. The lowest BCUT2D eigenvalue weighted by Gasteiger charge is -2.53. The summed E-state index contributed by atoms with van der Waals surface area (Å²) in [6, 6.07) is 0. The lowest BCUT2D eigenvalue weighted by atomic mass is 9.83. The van der Waals surface area contributed by atoms with Gasteiger partial charge in [-0.25, -0.2) is 0 Å². The quantitative estimate of drug-likeness (QED) is 0.740. The van der Waals surface area contributed by atoms with Crippen LogP contribution < -0.4 is 5.32 Å². The Morgan fingerprint density at radius 1 is 1.10 bits per heavy atom. The van der Waals surface area contributed by atoms with Crippen molar-refractivity contribution in [2.45, 2.75) is 89.1 Å². The van der Waals surface area contributed by atoms with Gasteiger partial charge >= 0.3 is 0 Å². The largest absolute Gasteiger partial charge is 0.308 e. The molecule has 0 aromatic rings. The molecule has 20 heavy (non-hydrogen) atoms. The van der Waals surface area contributed by atoms with Crippen LogP contribution in [0.5, 0.6) is 0 Å². The predicted molar refractivity (Wildman–Crippen MR) is 86.0 cm³/mol. The molecule has 1 saturated heterocycles. The fourth-order valence-electron chi connectivity index (χ4n) is 4.66. The average Bonchev–Trinajstić information content (AvgIpc) is 3.21. The van der Waals surface area contributed by atoms with Crippen molar-refractivity contribution < 1.29 is 0 Å². The van der Waals surface area contributed by atoms with Gasteiger partial charge in [0.2, 0.25) is 0 Å². The maximum Gasteiger partial charge on any atom is 0.0334 e. The van der Waals surface area contributed by atoms with E-state index in [2.05, 4.69) is 24.1 Å². The summed E-state index contributed by atoms with van der Waals surface area (Å²) in [7, 11) is 0. The van der Waals surface area contributed by atoms with Crippen LogP contribution in [0, 0.1) is 5.92 Å². The van der Waals surface area contributed by atoms with E-state index >= 15 is 0 Å². The van der Waals surface area contributed by atoms with Crippen molar-refractivity contribution in [1.29, 1.82) is 0 Å². The van der Waals surface area contributed by atoms with Gasteiger partial charge < -0.3 is 5.32 Å². The molecule has 2 aliphatic carbocycles. The van der Waals surface area contributed by atoms with Gasteiger partial charge in [0.1, 0.15) is 0 Å². The number of hydrogen-bond acceptors (Lipinski definition) is 2. The van der Waals surface area contributed by atoms with Crippen LogP contribution in [-0.4, -0.2) is 35.6 Å². The summed E-state index contributed by atoms with van der Waals surface area (Å²) < 4.78 is 0. The predicted octanol–water partition coefficient (Wildman–Crippen LogP) is 3.95. The maximum absolute atomic E-state index is 3.98. The standard InChI is InChI=1S/C18H34N2/c1-3-4-5-8-13-20-15-17(2,16-9-10-16)19-14-18(20)11-6-7-12-18/h16,19H,3-15H2,1-2H3. The highest BCUT2D eigenvalue weighted by atomic mass is 15.3. The Morgan fingerprint density at radius 3 is 2.50 bits per heavy atom. The zero-order chi connectivity index (χ0) is 14.1. The lowest BCUT2D eigenvalue weighted by molar-refractivity contribution is 0.00462. The van der Waals surface area contributed by atoms with Gasteiger partial charge in [-0.05, 0) is 51.5 Å². The van der Waals surface area contributed by atoms with Gasteiger partial charge in [0.25, 0.3) is 0 Å². The monoisotopic (exact) mass is 278 g/mol. The summed E-state index contributed by atoms with van der Waals surface area (Å²) in [6.45, 7) is 8.72. The molecule has 1 N–H and O–H groups in total. The second kappa shape index (κ2) is 5.96. The summed E-state index contributed by atoms with van der Waals surface area (Å²) in [4.78, 5) is 2.92. The van der Waals surface area contributed by atoms with E-state index in [0.717, 1.165) is 5.92 Å². The van der Waals surface area contributed by atoms with Crippen molar-refractivity contribution in [3.63, 3.8) is 0 Å². The molecule has 2 heteroatoms. The first-order chi connectivity index (χ1) is 9.69. The Labute approximate surface area is 125 Å². The van der Waals surface area contributed by atoms with Gasteiger partial charge in [-0.2, -0.15) is 0 Å². The third-order valence-corrected chi connectivity index (χ3v) is 6.31. The van der Waals surface area contributed by atoms with Crippen LogP contribution in [0.4, 0.5) is 0 Å². The first-order valence-electron chi connectivity index (χ1n) is 9.19. The number of nitrogens with zero attached hydrogens (tertiary/aromatic N) is 1. The second-order valence-corrected chi connectivity index (χ2v) is 7.96. The normalized spacial score (nSPS) is 33.9. The smallest absolute Gasteiger partial charge is 0.0334 e. The average molecular weight is 278 g/mol. The lowest BCUT2D eigenvalue weighted by Crippen LogP contribution is -2.69. The van der Waals surface area contributed by atoms with Crippen LogP contribution in [-0.2, 0) is 0 Å².